The molecule has 1 unspecified atom stereocenters. The average Bonchev–Trinajstić information content (AvgIpc) is 3.52. The van der Waals surface area contributed by atoms with Gasteiger partial charge in [-0.1, -0.05) is 41.1 Å². The summed E-state index contributed by atoms with van der Waals surface area (Å²) < 4.78 is 12.6. The molecular formula is C29H30ClN3O4S. The third kappa shape index (κ3) is 5.21. The Morgan fingerprint density at radius 2 is 1.87 bits per heavy atom. The molecule has 0 spiro atoms. The molecule has 3 heterocycles. The number of aryl methyl sites for hydroxylation is 1. The van der Waals surface area contributed by atoms with Crippen LogP contribution in [0, 0.1) is 6.92 Å². The monoisotopic (exact) mass is 551 g/mol. The molecule has 1 aromatic heterocycles. The summed E-state index contributed by atoms with van der Waals surface area (Å²) in [5, 5.41) is 0.568. The third-order valence-electron chi connectivity index (χ3n) is 6.91. The van der Waals surface area contributed by atoms with E-state index in [2.05, 4.69) is 35.0 Å². The number of rotatable bonds is 7. The topological polar surface area (TPSA) is 73.1 Å². The lowest BCUT2D eigenvalue weighted by Gasteiger charge is -2.24. The van der Waals surface area contributed by atoms with E-state index in [4.69, 9.17) is 21.1 Å². The van der Waals surface area contributed by atoms with E-state index in [1.807, 2.05) is 18.2 Å². The first-order valence-electron chi connectivity index (χ1n) is 12.7. The molecule has 5 rings (SSSR count). The van der Waals surface area contributed by atoms with Crippen LogP contribution in [0.3, 0.4) is 0 Å². The van der Waals surface area contributed by atoms with Crippen molar-refractivity contribution in [3.05, 3.63) is 95.1 Å². The molecule has 0 N–H and O–H groups in total. The lowest BCUT2D eigenvalue weighted by molar-refractivity contribution is -0.140. The van der Waals surface area contributed by atoms with Crippen LogP contribution in [-0.4, -0.2) is 43.9 Å². The molecule has 1 saturated heterocycles. The number of halogens is 1. The summed E-state index contributed by atoms with van der Waals surface area (Å²) in [6, 6.07) is 12.8. The van der Waals surface area contributed by atoms with E-state index in [1.165, 1.54) is 35.4 Å². The quantitative estimate of drug-likeness (QED) is 0.328. The van der Waals surface area contributed by atoms with Gasteiger partial charge in [0.2, 0.25) is 0 Å². The van der Waals surface area contributed by atoms with Gasteiger partial charge in [-0.05, 0) is 73.7 Å². The van der Waals surface area contributed by atoms with Gasteiger partial charge in [-0.25, -0.2) is 9.79 Å². The molecule has 2 aliphatic rings. The molecule has 7 nitrogen and oxygen atoms in total. The van der Waals surface area contributed by atoms with Crippen molar-refractivity contribution in [2.45, 2.75) is 32.7 Å². The Kier molecular flexibility index (Phi) is 7.83. The van der Waals surface area contributed by atoms with Gasteiger partial charge in [0.05, 0.1) is 28.5 Å². The van der Waals surface area contributed by atoms with Gasteiger partial charge >= 0.3 is 5.97 Å². The largest absolute Gasteiger partial charge is 0.460 e. The van der Waals surface area contributed by atoms with E-state index < -0.39 is 12.0 Å². The minimum atomic E-state index is -0.681. The number of allylic oxidation sites excluding steroid dienone is 1. The summed E-state index contributed by atoms with van der Waals surface area (Å²) in [6.45, 7) is 6.43. The first-order valence-corrected chi connectivity index (χ1v) is 13.9. The molecule has 0 bridgehead atoms. The summed E-state index contributed by atoms with van der Waals surface area (Å²) in [7, 11) is 1.54. The second kappa shape index (κ2) is 11.3. The van der Waals surface area contributed by atoms with Gasteiger partial charge in [-0.3, -0.25) is 9.36 Å². The minimum Gasteiger partial charge on any atom is -0.460 e. The summed E-state index contributed by atoms with van der Waals surface area (Å²) in [6.07, 6.45) is 4.34. The Labute approximate surface area is 230 Å². The number of thiazole rings is 1. The van der Waals surface area contributed by atoms with Crippen LogP contribution in [0.1, 0.15) is 42.5 Å². The molecule has 38 heavy (non-hydrogen) atoms. The fourth-order valence-electron chi connectivity index (χ4n) is 5.07. The lowest BCUT2D eigenvalue weighted by Crippen LogP contribution is -2.40. The smallest absolute Gasteiger partial charge is 0.338 e. The zero-order valence-electron chi connectivity index (χ0n) is 21.7. The number of ether oxygens (including phenoxy) is 2. The van der Waals surface area contributed by atoms with Gasteiger partial charge in [0.25, 0.3) is 5.56 Å². The highest BCUT2D eigenvalue weighted by Gasteiger charge is 2.33. The van der Waals surface area contributed by atoms with Crippen molar-refractivity contribution in [2.24, 2.45) is 4.99 Å². The van der Waals surface area contributed by atoms with Gasteiger partial charge in [-0.2, -0.15) is 0 Å². The van der Waals surface area contributed by atoms with Crippen LogP contribution in [0.5, 0.6) is 0 Å². The van der Waals surface area contributed by atoms with Gasteiger partial charge in [0.1, 0.15) is 6.61 Å². The second-order valence-electron chi connectivity index (χ2n) is 9.50. The number of nitrogens with zero attached hydrogens (tertiary/aromatic N) is 3. The highest BCUT2D eigenvalue weighted by atomic mass is 35.5. The molecule has 1 atom stereocenters. The third-order valence-corrected chi connectivity index (χ3v) is 8.15. The Hall–Kier alpha value is -3.20. The standard InChI is InChI=1S/C29H30ClN3O4S/c1-18-16-20(6-11-23(18)32-12-4-5-13-32)17-24-27(34)33-26(21-7-9-22(30)10-8-21)25(19(2)31-29(33)38-24)28(35)37-15-14-36-3/h6-11,16-17,26H,4-5,12-15H2,1-3H3. The fraction of sp³-hybridized carbons (Fsp3) is 0.345. The molecular weight excluding hydrogens is 522 g/mol. The van der Waals surface area contributed by atoms with Crippen molar-refractivity contribution >= 4 is 40.7 Å². The van der Waals surface area contributed by atoms with Crippen LogP contribution in [-0.2, 0) is 14.3 Å². The number of aromatic nitrogens is 1. The van der Waals surface area contributed by atoms with E-state index in [-0.39, 0.29) is 18.8 Å². The van der Waals surface area contributed by atoms with Crippen LogP contribution in [0.4, 0.5) is 5.69 Å². The van der Waals surface area contributed by atoms with Crippen LogP contribution in [0.15, 0.2) is 63.5 Å². The summed E-state index contributed by atoms with van der Waals surface area (Å²) in [4.78, 5) is 34.6. The molecule has 0 amide bonds. The average molecular weight is 552 g/mol. The molecule has 9 heteroatoms. The number of fused-ring (bicyclic) bond motifs is 1. The predicted molar refractivity (Wildman–Crippen MR) is 151 cm³/mol. The predicted octanol–water partition coefficient (Wildman–Crippen LogP) is 3.99. The van der Waals surface area contributed by atoms with Crippen molar-refractivity contribution in [1.29, 1.82) is 0 Å². The van der Waals surface area contributed by atoms with Gasteiger partial charge in [0.15, 0.2) is 4.80 Å². The first-order chi connectivity index (χ1) is 18.4. The number of methoxy groups -OCH3 is 1. The molecule has 0 radical (unpaired) electrons. The minimum absolute atomic E-state index is 0.108. The lowest BCUT2D eigenvalue weighted by atomic mass is 9.96. The summed E-state index contributed by atoms with van der Waals surface area (Å²) >= 11 is 7.46. The van der Waals surface area contributed by atoms with Crippen LogP contribution in [0.25, 0.3) is 6.08 Å². The van der Waals surface area contributed by atoms with E-state index in [1.54, 1.807) is 30.7 Å². The molecule has 0 aliphatic carbocycles. The zero-order valence-corrected chi connectivity index (χ0v) is 23.3. The Morgan fingerprint density at radius 1 is 1.13 bits per heavy atom. The SMILES string of the molecule is COCCOC(=O)C1=C(C)N=c2sc(=Cc3ccc(N4CCCC4)c(C)c3)c(=O)n2C1c1ccc(Cl)cc1. The second-order valence-corrected chi connectivity index (χ2v) is 10.9. The number of carbonyl (C=O) groups excluding carboxylic acids is 1. The number of carbonyl (C=O) groups is 1. The number of hydrogen-bond donors (Lipinski definition) is 0. The van der Waals surface area contributed by atoms with Crippen LogP contribution >= 0.6 is 22.9 Å². The highest BCUT2D eigenvalue weighted by Crippen LogP contribution is 2.31. The zero-order chi connectivity index (χ0) is 26.8. The summed E-state index contributed by atoms with van der Waals surface area (Å²) in [5.41, 5.74) is 4.78. The number of benzene rings is 2. The Morgan fingerprint density at radius 3 is 2.55 bits per heavy atom. The van der Waals surface area contributed by atoms with E-state index in [9.17, 15) is 9.59 Å². The number of esters is 1. The maximum Gasteiger partial charge on any atom is 0.338 e. The highest BCUT2D eigenvalue weighted by molar-refractivity contribution is 7.07. The van der Waals surface area contributed by atoms with Gasteiger partial charge in [0, 0.05) is 30.9 Å². The van der Waals surface area contributed by atoms with Crippen molar-refractivity contribution in [1.82, 2.24) is 4.57 Å². The molecule has 2 aliphatic heterocycles. The van der Waals surface area contributed by atoms with E-state index in [0.717, 1.165) is 24.2 Å². The number of anilines is 1. The molecule has 3 aromatic rings. The van der Waals surface area contributed by atoms with Crippen molar-refractivity contribution in [2.75, 3.05) is 38.3 Å². The molecule has 1 fully saturated rings. The Bertz CT molecular complexity index is 1570. The van der Waals surface area contributed by atoms with Crippen molar-refractivity contribution in [3.8, 4) is 0 Å². The van der Waals surface area contributed by atoms with Crippen molar-refractivity contribution < 1.29 is 14.3 Å². The van der Waals surface area contributed by atoms with Crippen LogP contribution < -0.4 is 19.8 Å². The van der Waals surface area contributed by atoms with E-state index in [0.29, 0.717) is 25.6 Å². The van der Waals surface area contributed by atoms with Gasteiger partial charge < -0.3 is 14.4 Å². The molecule has 198 valence electrons. The molecule has 2 aromatic carbocycles. The maximum absolute atomic E-state index is 13.8. The normalized spacial score (nSPS) is 17.5. The Balaban J connectivity index is 1.59. The summed E-state index contributed by atoms with van der Waals surface area (Å²) in [5.74, 6) is -0.523. The van der Waals surface area contributed by atoms with Crippen molar-refractivity contribution in [3.63, 3.8) is 0 Å². The molecule has 0 saturated carbocycles. The number of hydrogen-bond acceptors (Lipinski definition) is 7. The van der Waals surface area contributed by atoms with Crippen LogP contribution in [0.2, 0.25) is 5.02 Å². The fourth-order valence-corrected chi connectivity index (χ4v) is 6.24. The van der Waals surface area contributed by atoms with Gasteiger partial charge in [-0.15, -0.1) is 0 Å². The maximum atomic E-state index is 13.8. The first kappa shape index (κ1) is 26.4. The van der Waals surface area contributed by atoms with E-state index >= 15 is 0 Å².